The Kier molecular flexibility index (Phi) is 5.12. The number of rotatable bonds is 7. The molecule has 2 rings (SSSR count). The average molecular weight is 345 g/mol. The molecule has 0 saturated heterocycles. The number of carbonyl (C=O) groups is 1. The van der Waals surface area contributed by atoms with E-state index < -0.39 is 12.7 Å². The molecule has 0 unspecified atom stereocenters. The zero-order valence-electron chi connectivity index (χ0n) is 12.3. The summed E-state index contributed by atoms with van der Waals surface area (Å²) in [6.45, 7) is 2.97. The van der Waals surface area contributed by atoms with Gasteiger partial charge in [-0.25, -0.2) is 14.3 Å². The molecule has 0 saturated carbocycles. The first kappa shape index (κ1) is 16.8. The van der Waals surface area contributed by atoms with E-state index in [-0.39, 0.29) is 11.4 Å². The van der Waals surface area contributed by atoms with Crippen LogP contribution < -0.4 is 4.52 Å². The molecule has 22 heavy (non-hydrogen) atoms. The monoisotopic (exact) mass is 345 g/mol. The maximum atomic E-state index is 11.1. The lowest BCUT2D eigenvalue weighted by molar-refractivity contribution is 0.0694. The van der Waals surface area contributed by atoms with Gasteiger partial charge >= 0.3 is 12.7 Å². The molecule has 0 spiro atoms. The SMILES string of the molecule is CCOP(=S)(OCC)Oc1cc2nc(C)c(C(=O)O)cn2n1. The zero-order chi connectivity index (χ0) is 16.3. The quantitative estimate of drug-likeness (QED) is 0.765. The van der Waals surface area contributed by atoms with Crippen LogP contribution in [-0.2, 0) is 20.9 Å². The Morgan fingerprint density at radius 3 is 2.59 bits per heavy atom. The molecule has 0 aliphatic heterocycles. The van der Waals surface area contributed by atoms with E-state index in [4.69, 9.17) is 30.5 Å². The van der Waals surface area contributed by atoms with Crippen LogP contribution in [0.25, 0.3) is 5.65 Å². The van der Waals surface area contributed by atoms with Gasteiger partial charge in [-0.05, 0) is 20.8 Å². The topological polar surface area (TPSA) is 95.2 Å². The fraction of sp³-hybridized carbons (Fsp3) is 0.417. The van der Waals surface area contributed by atoms with Crippen LogP contribution >= 0.6 is 6.72 Å². The van der Waals surface area contributed by atoms with Crippen molar-refractivity contribution >= 4 is 30.1 Å². The highest BCUT2D eigenvalue weighted by Crippen LogP contribution is 2.49. The third-order valence-corrected chi connectivity index (χ3v) is 5.04. The molecular formula is C12H16N3O5PS. The molecular weight excluding hydrogens is 329 g/mol. The van der Waals surface area contributed by atoms with Crippen molar-refractivity contribution in [3.8, 4) is 5.88 Å². The molecule has 0 amide bonds. The van der Waals surface area contributed by atoms with Gasteiger partial charge in [0, 0.05) is 24.1 Å². The number of carboxylic acids is 1. The molecule has 0 aromatic carbocycles. The molecule has 2 aromatic rings. The van der Waals surface area contributed by atoms with E-state index in [0.29, 0.717) is 24.6 Å². The maximum Gasteiger partial charge on any atom is 0.381 e. The number of carboxylic acid groups (broad SMARTS) is 1. The van der Waals surface area contributed by atoms with Crippen LogP contribution in [0.2, 0.25) is 0 Å². The molecule has 0 atom stereocenters. The molecule has 2 heterocycles. The summed E-state index contributed by atoms with van der Waals surface area (Å²) in [4.78, 5) is 15.3. The summed E-state index contributed by atoms with van der Waals surface area (Å²) in [5, 5.41) is 13.2. The largest absolute Gasteiger partial charge is 0.478 e. The minimum Gasteiger partial charge on any atom is -0.478 e. The summed E-state index contributed by atoms with van der Waals surface area (Å²) in [5.41, 5.74) is 0.906. The first-order valence-corrected chi connectivity index (χ1v) is 9.13. The molecule has 0 fully saturated rings. The molecule has 8 nitrogen and oxygen atoms in total. The van der Waals surface area contributed by atoms with Crippen LogP contribution in [0.3, 0.4) is 0 Å². The van der Waals surface area contributed by atoms with Crippen molar-refractivity contribution in [3.63, 3.8) is 0 Å². The lowest BCUT2D eigenvalue weighted by Crippen LogP contribution is -2.05. The van der Waals surface area contributed by atoms with E-state index in [1.807, 2.05) is 0 Å². The van der Waals surface area contributed by atoms with Crippen molar-refractivity contribution in [2.75, 3.05) is 13.2 Å². The van der Waals surface area contributed by atoms with Gasteiger partial charge in [-0.1, -0.05) is 0 Å². The second-order valence-corrected chi connectivity index (χ2v) is 7.14. The molecule has 0 bridgehead atoms. The molecule has 120 valence electrons. The Labute approximate surface area is 132 Å². The predicted octanol–water partition coefficient (Wildman–Crippen LogP) is 2.41. The minimum absolute atomic E-state index is 0.0659. The van der Waals surface area contributed by atoms with E-state index in [2.05, 4.69) is 10.1 Å². The first-order valence-electron chi connectivity index (χ1n) is 6.57. The number of hydrogen-bond acceptors (Lipinski definition) is 7. The van der Waals surface area contributed by atoms with Gasteiger partial charge in [-0.15, -0.1) is 5.10 Å². The Balaban J connectivity index is 2.37. The van der Waals surface area contributed by atoms with E-state index >= 15 is 0 Å². The second-order valence-electron chi connectivity index (χ2n) is 4.20. The van der Waals surface area contributed by atoms with Crippen LogP contribution in [-0.4, -0.2) is 38.9 Å². The minimum atomic E-state index is -2.93. The number of hydrogen-bond donors (Lipinski definition) is 1. The van der Waals surface area contributed by atoms with Crippen LogP contribution in [0, 0.1) is 6.92 Å². The van der Waals surface area contributed by atoms with Crippen LogP contribution in [0.4, 0.5) is 0 Å². The van der Waals surface area contributed by atoms with Crippen LogP contribution in [0.1, 0.15) is 29.9 Å². The highest BCUT2D eigenvalue weighted by atomic mass is 32.5. The summed E-state index contributed by atoms with van der Waals surface area (Å²) < 4.78 is 17.6. The molecule has 0 aliphatic carbocycles. The number of nitrogens with zero attached hydrogens (tertiary/aromatic N) is 3. The Morgan fingerprint density at radius 2 is 2.05 bits per heavy atom. The standard InChI is InChI=1S/C12H16N3O5PS/c1-4-18-21(22,19-5-2)20-11-6-10-13-8(3)9(12(16)17)7-15(10)14-11/h6-7H,4-5H2,1-3H3,(H,16,17). The fourth-order valence-corrected chi connectivity index (χ4v) is 3.76. The number of fused-ring (bicyclic) bond motifs is 1. The van der Waals surface area contributed by atoms with Crippen molar-refractivity contribution in [3.05, 3.63) is 23.5 Å². The summed E-state index contributed by atoms with van der Waals surface area (Å²) >= 11 is 5.26. The van der Waals surface area contributed by atoms with Gasteiger partial charge in [0.15, 0.2) is 5.65 Å². The highest BCUT2D eigenvalue weighted by molar-refractivity contribution is 8.07. The van der Waals surface area contributed by atoms with Gasteiger partial charge < -0.3 is 9.63 Å². The van der Waals surface area contributed by atoms with Gasteiger partial charge in [0.1, 0.15) is 0 Å². The maximum absolute atomic E-state index is 11.1. The van der Waals surface area contributed by atoms with Gasteiger partial charge in [0.05, 0.1) is 24.5 Å². The summed E-state index contributed by atoms with van der Waals surface area (Å²) in [7, 11) is 0. The third-order valence-electron chi connectivity index (χ3n) is 2.63. The van der Waals surface area contributed by atoms with Crippen molar-refractivity contribution in [2.24, 2.45) is 0 Å². The van der Waals surface area contributed by atoms with Crippen molar-refractivity contribution < 1.29 is 23.5 Å². The van der Waals surface area contributed by atoms with Gasteiger partial charge in [0.2, 0.25) is 5.88 Å². The van der Waals surface area contributed by atoms with E-state index in [0.717, 1.165) is 0 Å². The lowest BCUT2D eigenvalue weighted by atomic mass is 10.2. The number of aromatic carboxylic acids is 1. The number of aromatic nitrogens is 3. The van der Waals surface area contributed by atoms with Crippen molar-refractivity contribution in [1.29, 1.82) is 0 Å². The molecule has 1 N–H and O–H groups in total. The first-order chi connectivity index (χ1) is 10.4. The molecule has 10 heteroatoms. The fourth-order valence-electron chi connectivity index (χ4n) is 1.76. The van der Waals surface area contributed by atoms with Crippen LogP contribution in [0.15, 0.2) is 12.3 Å². The number of aryl methyl sites for hydroxylation is 1. The summed E-state index contributed by atoms with van der Waals surface area (Å²) in [6.07, 6.45) is 1.37. The Hall–Kier alpha value is -1.54. The smallest absolute Gasteiger partial charge is 0.381 e. The Morgan fingerprint density at radius 1 is 1.41 bits per heavy atom. The van der Waals surface area contributed by atoms with Gasteiger partial charge in [-0.3, -0.25) is 9.05 Å². The summed E-state index contributed by atoms with van der Waals surface area (Å²) in [6, 6.07) is 1.55. The molecule has 0 radical (unpaired) electrons. The van der Waals surface area contributed by atoms with Crippen molar-refractivity contribution in [2.45, 2.75) is 20.8 Å². The zero-order valence-corrected chi connectivity index (χ0v) is 14.1. The van der Waals surface area contributed by atoms with E-state index in [1.165, 1.54) is 10.7 Å². The molecule has 0 aliphatic rings. The van der Waals surface area contributed by atoms with E-state index in [9.17, 15) is 4.79 Å². The van der Waals surface area contributed by atoms with Crippen LogP contribution in [0.5, 0.6) is 5.88 Å². The third kappa shape index (κ3) is 3.61. The van der Waals surface area contributed by atoms with E-state index in [1.54, 1.807) is 26.8 Å². The predicted molar refractivity (Wildman–Crippen MR) is 82.8 cm³/mol. The van der Waals surface area contributed by atoms with Gasteiger partial charge in [0.25, 0.3) is 0 Å². The Bertz CT molecular complexity index is 738. The van der Waals surface area contributed by atoms with Gasteiger partial charge in [-0.2, -0.15) is 0 Å². The second kappa shape index (κ2) is 6.70. The normalized spacial score (nSPS) is 11.8. The summed E-state index contributed by atoms with van der Waals surface area (Å²) in [5.74, 6) is -0.890. The van der Waals surface area contributed by atoms with Crippen molar-refractivity contribution in [1.82, 2.24) is 14.6 Å². The molecule has 2 aromatic heterocycles. The average Bonchev–Trinajstić information content (AvgIpc) is 2.78. The highest BCUT2D eigenvalue weighted by Gasteiger charge is 2.23. The lowest BCUT2D eigenvalue weighted by Gasteiger charge is -2.19.